The SMILES string of the molecule is NNc1ccccc1CCCCl. The second kappa shape index (κ2) is 5.01. The summed E-state index contributed by atoms with van der Waals surface area (Å²) >= 11 is 5.60. The van der Waals surface area contributed by atoms with E-state index in [1.165, 1.54) is 5.56 Å². The average Bonchev–Trinajstić information content (AvgIpc) is 2.15. The third-order valence-corrected chi connectivity index (χ3v) is 2.02. The number of hydrazine groups is 1. The first-order valence-electron chi connectivity index (χ1n) is 3.99. The van der Waals surface area contributed by atoms with E-state index in [4.69, 9.17) is 17.4 Å². The molecule has 0 fully saturated rings. The van der Waals surface area contributed by atoms with Gasteiger partial charge < -0.3 is 5.43 Å². The molecular weight excluding hydrogens is 172 g/mol. The van der Waals surface area contributed by atoms with Gasteiger partial charge in [-0.1, -0.05) is 18.2 Å². The Morgan fingerprint density at radius 1 is 1.33 bits per heavy atom. The van der Waals surface area contributed by atoms with Crippen LogP contribution in [-0.2, 0) is 6.42 Å². The standard InChI is InChI=1S/C9H13ClN2/c10-7-3-5-8-4-1-2-6-9(8)12-11/h1-2,4,6,12H,3,5,7,11H2. The lowest BCUT2D eigenvalue weighted by Gasteiger charge is -2.06. The number of anilines is 1. The van der Waals surface area contributed by atoms with Crippen LogP contribution in [0.1, 0.15) is 12.0 Å². The van der Waals surface area contributed by atoms with Crippen LogP contribution in [0.15, 0.2) is 24.3 Å². The summed E-state index contributed by atoms with van der Waals surface area (Å²) in [6, 6.07) is 7.98. The maximum atomic E-state index is 5.60. The van der Waals surface area contributed by atoms with Crippen molar-refractivity contribution in [2.24, 2.45) is 5.84 Å². The fourth-order valence-corrected chi connectivity index (χ4v) is 1.27. The van der Waals surface area contributed by atoms with E-state index in [1.807, 2.05) is 18.2 Å². The second-order valence-corrected chi connectivity index (χ2v) is 2.97. The minimum atomic E-state index is 0.693. The highest BCUT2D eigenvalue weighted by atomic mass is 35.5. The fraction of sp³-hybridized carbons (Fsp3) is 0.333. The van der Waals surface area contributed by atoms with Gasteiger partial charge in [0.25, 0.3) is 0 Å². The highest BCUT2D eigenvalue weighted by molar-refractivity contribution is 6.17. The minimum absolute atomic E-state index is 0.693. The van der Waals surface area contributed by atoms with E-state index in [9.17, 15) is 0 Å². The Hall–Kier alpha value is -0.730. The Morgan fingerprint density at radius 2 is 2.08 bits per heavy atom. The molecule has 0 bridgehead atoms. The van der Waals surface area contributed by atoms with Crippen molar-refractivity contribution in [3.05, 3.63) is 29.8 Å². The molecule has 0 atom stereocenters. The number of benzene rings is 1. The predicted molar refractivity (Wildman–Crippen MR) is 53.3 cm³/mol. The zero-order chi connectivity index (χ0) is 8.81. The normalized spacial score (nSPS) is 9.83. The molecule has 0 aromatic heterocycles. The topological polar surface area (TPSA) is 38.0 Å². The van der Waals surface area contributed by atoms with E-state index in [0.717, 1.165) is 18.5 Å². The molecule has 0 saturated carbocycles. The number of hydrogen-bond donors (Lipinski definition) is 2. The summed E-state index contributed by atoms with van der Waals surface area (Å²) in [5.74, 6) is 6.03. The molecule has 0 saturated heterocycles. The van der Waals surface area contributed by atoms with Gasteiger partial charge in [0.2, 0.25) is 0 Å². The van der Waals surface area contributed by atoms with Gasteiger partial charge in [0.1, 0.15) is 0 Å². The van der Waals surface area contributed by atoms with Gasteiger partial charge in [-0.2, -0.15) is 0 Å². The molecule has 12 heavy (non-hydrogen) atoms. The van der Waals surface area contributed by atoms with Gasteiger partial charge in [0.05, 0.1) is 5.69 Å². The molecule has 0 spiro atoms. The summed E-state index contributed by atoms with van der Waals surface area (Å²) < 4.78 is 0. The zero-order valence-corrected chi connectivity index (χ0v) is 7.64. The van der Waals surface area contributed by atoms with Crippen molar-refractivity contribution in [2.45, 2.75) is 12.8 Å². The molecule has 0 radical (unpaired) electrons. The van der Waals surface area contributed by atoms with Crippen molar-refractivity contribution in [1.29, 1.82) is 0 Å². The lowest BCUT2D eigenvalue weighted by molar-refractivity contribution is 0.928. The number of nitrogens with one attached hydrogen (secondary N) is 1. The molecule has 0 aliphatic carbocycles. The largest absolute Gasteiger partial charge is 0.324 e. The van der Waals surface area contributed by atoms with Crippen molar-refractivity contribution in [2.75, 3.05) is 11.3 Å². The monoisotopic (exact) mass is 184 g/mol. The third kappa shape index (κ3) is 2.40. The predicted octanol–water partition coefficient (Wildman–Crippen LogP) is 2.14. The van der Waals surface area contributed by atoms with Crippen LogP contribution in [0, 0.1) is 0 Å². The lowest BCUT2D eigenvalue weighted by Crippen LogP contribution is -2.09. The number of rotatable bonds is 4. The molecule has 66 valence electrons. The molecule has 2 nitrogen and oxygen atoms in total. The first-order valence-corrected chi connectivity index (χ1v) is 4.52. The summed E-state index contributed by atoms with van der Waals surface area (Å²) in [6.45, 7) is 0. The molecule has 3 N–H and O–H groups in total. The van der Waals surface area contributed by atoms with Gasteiger partial charge in [-0.05, 0) is 24.5 Å². The lowest BCUT2D eigenvalue weighted by atomic mass is 10.1. The number of halogens is 1. The molecule has 0 unspecified atom stereocenters. The molecule has 0 amide bonds. The Labute approximate surface area is 77.7 Å². The molecule has 3 heteroatoms. The van der Waals surface area contributed by atoms with Crippen LogP contribution in [0.25, 0.3) is 0 Å². The first kappa shape index (κ1) is 9.36. The summed E-state index contributed by atoms with van der Waals surface area (Å²) in [7, 11) is 0. The zero-order valence-electron chi connectivity index (χ0n) is 6.89. The number of alkyl halides is 1. The van der Waals surface area contributed by atoms with Crippen LogP contribution < -0.4 is 11.3 Å². The maximum Gasteiger partial charge on any atom is 0.0517 e. The summed E-state index contributed by atoms with van der Waals surface area (Å²) in [5.41, 5.74) is 4.87. The highest BCUT2D eigenvalue weighted by Crippen LogP contribution is 2.15. The van der Waals surface area contributed by atoms with Crippen LogP contribution >= 0.6 is 11.6 Å². The van der Waals surface area contributed by atoms with Crippen LogP contribution in [0.5, 0.6) is 0 Å². The molecule has 0 aliphatic heterocycles. The third-order valence-electron chi connectivity index (χ3n) is 1.75. The van der Waals surface area contributed by atoms with Crippen LogP contribution in [0.2, 0.25) is 0 Å². The van der Waals surface area contributed by atoms with Crippen LogP contribution in [0.4, 0.5) is 5.69 Å². The Balaban J connectivity index is 2.68. The van der Waals surface area contributed by atoms with E-state index in [-0.39, 0.29) is 0 Å². The van der Waals surface area contributed by atoms with Gasteiger partial charge in [0, 0.05) is 5.88 Å². The number of para-hydroxylation sites is 1. The second-order valence-electron chi connectivity index (χ2n) is 2.59. The fourth-order valence-electron chi connectivity index (χ4n) is 1.14. The van der Waals surface area contributed by atoms with Gasteiger partial charge >= 0.3 is 0 Å². The van der Waals surface area contributed by atoms with E-state index >= 15 is 0 Å². The Kier molecular flexibility index (Phi) is 3.91. The summed E-state index contributed by atoms with van der Waals surface area (Å²) in [4.78, 5) is 0. The van der Waals surface area contributed by atoms with Crippen molar-refractivity contribution >= 4 is 17.3 Å². The quantitative estimate of drug-likeness (QED) is 0.428. The Bertz CT molecular complexity index is 238. The van der Waals surface area contributed by atoms with Crippen LogP contribution in [-0.4, -0.2) is 5.88 Å². The molecule has 0 heterocycles. The van der Waals surface area contributed by atoms with E-state index < -0.39 is 0 Å². The maximum absolute atomic E-state index is 5.60. The molecule has 1 aromatic carbocycles. The minimum Gasteiger partial charge on any atom is -0.324 e. The average molecular weight is 185 g/mol. The van der Waals surface area contributed by atoms with E-state index in [1.54, 1.807) is 0 Å². The molecule has 0 aliphatic rings. The number of aryl methyl sites for hydroxylation is 1. The molecule has 1 rings (SSSR count). The number of nitrogens with two attached hydrogens (primary N) is 1. The van der Waals surface area contributed by atoms with Gasteiger partial charge in [0.15, 0.2) is 0 Å². The van der Waals surface area contributed by atoms with Gasteiger partial charge in [-0.3, -0.25) is 5.84 Å². The van der Waals surface area contributed by atoms with Crippen molar-refractivity contribution in [1.82, 2.24) is 0 Å². The smallest absolute Gasteiger partial charge is 0.0517 e. The highest BCUT2D eigenvalue weighted by Gasteiger charge is 1.97. The molecular formula is C9H13ClN2. The van der Waals surface area contributed by atoms with Gasteiger partial charge in [-0.25, -0.2) is 0 Å². The number of hydrogen-bond acceptors (Lipinski definition) is 2. The van der Waals surface area contributed by atoms with Crippen molar-refractivity contribution < 1.29 is 0 Å². The van der Waals surface area contributed by atoms with E-state index in [0.29, 0.717) is 5.88 Å². The number of nitrogen functional groups attached to an aromatic ring is 1. The summed E-state index contributed by atoms with van der Waals surface area (Å²) in [6.07, 6.45) is 1.96. The van der Waals surface area contributed by atoms with Crippen molar-refractivity contribution in [3.8, 4) is 0 Å². The Morgan fingerprint density at radius 3 is 2.75 bits per heavy atom. The van der Waals surface area contributed by atoms with Gasteiger partial charge in [-0.15, -0.1) is 11.6 Å². The summed E-state index contributed by atoms with van der Waals surface area (Å²) in [5, 5.41) is 0. The van der Waals surface area contributed by atoms with E-state index in [2.05, 4.69) is 11.5 Å². The first-order chi connectivity index (χ1) is 5.88. The van der Waals surface area contributed by atoms with Crippen molar-refractivity contribution in [3.63, 3.8) is 0 Å². The molecule has 1 aromatic rings. The van der Waals surface area contributed by atoms with Crippen LogP contribution in [0.3, 0.4) is 0 Å².